The molecule has 2 aromatic rings. The largest absolute Gasteiger partial charge is 0.463 e. The second-order valence-electron chi connectivity index (χ2n) is 7.79. The third-order valence-electron chi connectivity index (χ3n) is 5.37. The van der Waals surface area contributed by atoms with Gasteiger partial charge in [0.15, 0.2) is 10.8 Å². The van der Waals surface area contributed by atoms with Crippen LogP contribution in [0.25, 0.3) is 0 Å². The van der Waals surface area contributed by atoms with Crippen molar-refractivity contribution in [3.8, 4) is 0 Å². The monoisotopic (exact) mass is 542 g/mol. The summed E-state index contributed by atoms with van der Waals surface area (Å²) in [5.74, 6) is -3.42. The van der Waals surface area contributed by atoms with Crippen LogP contribution in [0, 0.1) is 5.82 Å². The number of alkyl halides is 2. The molecule has 1 atom stereocenters. The number of ether oxygens (including phenoxy) is 1. The number of hydrogen-bond acceptors (Lipinski definition) is 7. The van der Waals surface area contributed by atoms with E-state index in [4.69, 9.17) is 9.73 Å². The summed E-state index contributed by atoms with van der Waals surface area (Å²) in [6.45, 7) is 1.99. The lowest BCUT2D eigenvalue weighted by Crippen LogP contribution is -2.46. The molecule has 1 fully saturated rings. The number of carbonyl (C=O) groups excluding carboxylic acids is 1. The number of hydrogen-bond donors (Lipinski definition) is 1. The van der Waals surface area contributed by atoms with Gasteiger partial charge in [-0.3, -0.25) is 9.89 Å². The number of benzene rings is 1. The Morgan fingerprint density at radius 1 is 1.42 bits per heavy atom. The molecule has 6 nitrogen and oxygen atoms in total. The maximum atomic E-state index is 14.1. The highest BCUT2D eigenvalue weighted by Crippen LogP contribution is 2.37. The number of halogens is 4. The van der Waals surface area contributed by atoms with E-state index in [2.05, 4.69) is 26.2 Å². The Morgan fingerprint density at radius 3 is 2.91 bits per heavy atom. The molecule has 33 heavy (non-hydrogen) atoms. The molecular formula is C22H22BrF3N4O2S. The molecule has 0 aliphatic carbocycles. The van der Waals surface area contributed by atoms with Gasteiger partial charge in [-0.05, 0) is 37.6 Å². The molecule has 0 saturated carbocycles. The minimum atomic E-state index is -2.79. The van der Waals surface area contributed by atoms with Gasteiger partial charge in [-0.2, -0.15) is 0 Å². The zero-order valence-corrected chi connectivity index (χ0v) is 20.2. The molecule has 0 radical (unpaired) electrons. The number of amidine groups is 1. The Labute approximate surface area is 201 Å². The number of rotatable bonds is 6. The Balaban J connectivity index is 1.81. The summed E-state index contributed by atoms with van der Waals surface area (Å²) in [4.78, 5) is 23.7. The number of nitrogens with zero attached hydrogens (tertiary/aromatic N) is 3. The van der Waals surface area contributed by atoms with E-state index in [0.29, 0.717) is 39.5 Å². The first-order valence-electron chi connectivity index (χ1n) is 10.5. The summed E-state index contributed by atoms with van der Waals surface area (Å²) < 4.78 is 47.7. The highest BCUT2D eigenvalue weighted by molar-refractivity contribution is 9.10. The summed E-state index contributed by atoms with van der Waals surface area (Å²) in [6.07, 6.45) is 1.83. The predicted molar refractivity (Wildman–Crippen MR) is 123 cm³/mol. The van der Waals surface area contributed by atoms with Gasteiger partial charge in [0.2, 0.25) is 0 Å². The maximum absolute atomic E-state index is 14.1. The van der Waals surface area contributed by atoms with E-state index >= 15 is 0 Å². The molecular weight excluding hydrogens is 521 g/mol. The lowest BCUT2D eigenvalue weighted by molar-refractivity contribution is -0.139. The molecule has 0 spiro atoms. The van der Waals surface area contributed by atoms with E-state index in [1.807, 2.05) is 0 Å². The minimum absolute atomic E-state index is 0.0868. The molecule has 0 amide bonds. The van der Waals surface area contributed by atoms with Crippen LogP contribution in [0.15, 0.2) is 50.5 Å². The van der Waals surface area contributed by atoms with Crippen molar-refractivity contribution in [2.45, 2.75) is 31.7 Å². The number of carbonyl (C=O) groups is 1. The van der Waals surface area contributed by atoms with Crippen LogP contribution in [0.3, 0.4) is 0 Å². The topological polar surface area (TPSA) is 66.8 Å². The van der Waals surface area contributed by atoms with Crippen molar-refractivity contribution in [1.82, 2.24) is 15.2 Å². The summed E-state index contributed by atoms with van der Waals surface area (Å²) in [5, 5.41) is 5.53. The second-order valence-corrected chi connectivity index (χ2v) is 9.54. The quantitative estimate of drug-likeness (QED) is 0.536. The molecule has 3 heterocycles. The second kappa shape index (κ2) is 9.94. The summed E-state index contributed by atoms with van der Waals surface area (Å²) in [7, 11) is 0. The van der Waals surface area contributed by atoms with Crippen LogP contribution in [0.4, 0.5) is 13.2 Å². The smallest absolute Gasteiger partial charge is 0.338 e. The Kier molecular flexibility index (Phi) is 7.20. The summed E-state index contributed by atoms with van der Waals surface area (Å²) in [6, 6.07) is 3.29. The SMILES string of the molecule is CCOC(=O)C1=C(CN2CCCC(F)(F)C2)NC(c2nccs2)=N[C@H]1c1ccc(F)cc1Br. The molecule has 11 heteroatoms. The number of piperidine rings is 1. The fraction of sp³-hybridized carbons (Fsp3) is 0.409. The van der Waals surface area contributed by atoms with Gasteiger partial charge in [-0.25, -0.2) is 22.9 Å². The van der Waals surface area contributed by atoms with Crippen LogP contribution in [0.5, 0.6) is 0 Å². The van der Waals surface area contributed by atoms with Crippen LogP contribution < -0.4 is 5.32 Å². The van der Waals surface area contributed by atoms with Crippen LogP contribution >= 0.6 is 27.3 Å². The Morgan fingerprint density at radius 2 is 2.24 bits per heavy atom. The van der Waals surface area contributed by atoms with Gasteiger partial charge in [-0.15, -0.1) is 11.3 Å². The van der Waals surface area contributed by atoms with Gasteiger partial charge in [-0.1, -0.05) is 22.0 Å². The first-order chi connectivity index (χ1) is 15.8. The van der Waals surface area contributed by atoms with Crippen molar-refractivity contribution in [3.05, 3.63) is 61.9 Å². The van der Waals surface area contributed by atoms with E-state index in [0.717, 1.165) is 0 Å². The lowest BCUT2D eigenvalue weighted by atomic mass is 9.95. The molecule has 1 aromatic heterocycles. The van der Waals surface area contributed by atoms with Crippen molar-refractivity contribution in [1.29, 1.82) is 0 Å². The normalized spacial score (nSPS) is 20.9. The van der Waals surface area contributed by atoms with Crippen molar-refractivity contribution >= 4 is 39.1 Å². The van der Waals surface area contributed by atoms with Crippen molar-refractivity contribution in [2.75, 3.05) is 26.2 Å². The third kappa shape index (κ3) is 5.47. The standard InChI is InChI=1S/C22H22BrF3N4O2S/c1-2-32-21(31)17-16(11-30-8-3-6-22(25,26)12-30)28-19(20-27-7-9-33-20)29-18(17)14-5-4-13(24)10-15(14)23/h4-5,7,9-10,18H,2-3,6,8,11-12H2,1H3,(H,28,29)/t18-/m0/s1. The Bertz CT molecular complexity index is 1090. The first kappa shape index (κ1) is 23.9. The van der Waals surface area contributed by atoms with Gasteiger partial charge in [0.1, 0.15) is 11.9 Å². The van der Waals surface area contributed by atoms with Crippen molar-refractivity contribution in [2.24, 2.45) is 4.99 Å². The van der Waals surface area contributed by atoms with Gasteiger partial charge < -0.3 is 10.1 Å². The first-order valence-corrected chi connectivity index (χ1v) is 12.1. The zero-order valence-electron chi connectivity index (χ0n) is 17.8. The molecule has 4 rings (SSSR count). The lowest BCUT2D eigenvalue weighted by Gasteiger charge is -2.35. The molecule has 1 saturated heterocycles. The van der Waals surface area contributed by atoms with Crippen LogP contribution in [0.1, 0.15) is 36.4 Å². The average molecular weight is 543 g/mol. The summed E-state index contributed by atoms with van der Waals surface area (Å²) in [5.41, 5.74) is 1.18. The zero-order chi connectivity index (χ0) is 23.6. The van der Waals surface area contributed by atoms with E-state index in [9.17, 15) is 18.0 Å². The Hall–Kier alpha value is -2.24. The number of thiazole rings is 1. The highest BCUT2D eigenvalue weighted by atomic mass is 79.9. The maximum Gasteiger partial charge on any atom is 0.338 e. The van der Waals surface area contributed by atoms with E-state index in [1.165, 1.54) is 23.5 Å². The molecule has 176 valence electrons. The fourth-order valence-corrected chi connectivity index (χ4v) is 5.13. The molecule has 1 N–H and O–H groups in total. The van der Waals surface area contributed by atoms with E-state index in [1.54, 1.807) is 29.5 Å². The van der Waals surface area contributed by atoms with Gasteiger partial charge >= 0.3 is 5.97 Å². The van der Waals surface area contributed by atoms with Crippen molar-refractivity contribution in [3.63, 3.8) is 0 Å². The molecule has 0 unspecified atom stereocenters. The van der Waals surface area contributed by atoms with Gasteiger partial charge in [0.05, 0.1) is 18.7 Å². The van der Waals surface area contributed by atoms with Crippen molar-refractivity contribution < 1.29 is 22.7 Å². The molecule has 1 aromatic carbocycles. The average Bonchev–Trinajstić information content (AvgIpc) is 3.28. The third-order valence-corrected chi connectivity index (χ3v) is 6.83. The van der Waals surface area contributed by atoms with Crippen LogP contribution in [-0.4, -0.2) is 53.9 Å². The predicted octanol–water partition coefficient (Wildman–Crippen LogP) is 4.68. The fourth-order valence-electron chi connectivity index (χ4n) is 3.97. The van der Waals surface area contributed by atoms with Gasteiger partial charge in [0.25, 0.3) is 5.92 Å². The number of likely N-dealkylation sites (tertiary alicyclic amines) is 1. The molecule has 2 aliphatic rings. The number of aliphatic imine (C=N–C) groups is 1. The number of nitrogens with one attached hydrogen (secondary N) is 1. The minimum Gasteiger partial charge on any atom is -0.463 e. The van der Waals surface area contributed by atoms with Crippen LogP contribution in [0.2, 0.25) is 0 Å². The molecule has 0 bridgehead atoms. The van der Waals surface area contributed by atoms with Gasteiger partial charge in [0, 0.05) is 34.7 Å². The van der Waals surface area contributed by atoms with E-state index in [-0.39, 0.29) is 25.1 Å². The van der Waals surface area contributed by atoms with Crippen LogP contribution in [-0.2, 0) is 9.53 Å². The van der Waals surface area contributed by atoms with E-state index < -0.39 is 30.3 Å². The number of esters is 1. The highest BCUT2D eigenvalue weighted by Gasteiger charge is 2.38. The molecule has 2 aliphatic heterocycles. The summed E-state index contributed by atoms with van der Waals surface area (Å²) >= 11 is 4.73. The number of aromatic nitrogens is 1.